The van der Waals surface area contributed by atoms with Gasteiger partial charge >= 0.3 is 0 Å². The molecular weight excluding hydrogens is 292 g/mol. The Balaban J connectivity index is 1.56. The Hall–Kier alpha value is -1.43. The zero-order valence-corrected chi connectivity index (χ0v) is 13.8. The summed E-state index contributed by atoms with van der Waals surface area (Å²) in [6.45, 7) is 2.09. The standard InChI is InChI=1S/C18H26N2O3/c1-23-10-9-20-8-4-7-18(22,17(20)21)13-19-16-11-14-5-2-3-6-15(14)12-16/h2-3,5-6,16,19,22H,4,7-13H2,1H3. The van der Waals surface area contributed by atoms with E-state index in [0.29, 0.717) is 38.7 Å². The number of nitrogens with one attached hydrogen (secondary N) is 1. The van der Waals surface area contributed by atoms with Crippen molar-refractivity contribution in [3.8, 4) is 0 Å². The highest BCUT2D eigenvalue weighted by Gasteiger charge is 2.42. The quantitative estimate of drug-likeness (QED) is 0.812. The lowest BCUT2D eigenvalue weighted by Crippen LogP contribution is -2.59. The Bertz CT molecular complexity index is 538. The van der Waals surface area contributed by atoms with E-state index >= 15 is 0 Å². The number of methoxy groups -OCH3 is 1. The molecular formula is C18H26N2O3. The number of aliphatic hydroxyl groups is 1. The molecule has 5 nitrogen and oxygen atoms in total. The van der Waals surface area contributed by atoms with E-state index in [4.69, 9.17) is 4.74 Å². The van der Waals surface area contributed by atoms with Crippen molar-refractivity contribution in [2.75, 3.05) is 33.4 Å². The Morgan fingerprint density at radius 1 is 1.35 bits per heavy atom. The van der Waals surface area contributed by atoms with Gasteiger partial charge in [-0.05, 0) is 36.8 Å². The van der Waals surface area contributed by atoms with Crippen molar-refractivity contribution in [2.24, 2.45) is 0 Å². The lowest BCUT2D eigenvalue weighted by atomic mass is 9.91. The number of carbonyl (C=O) groups excluding carboxylic acids is 1. The zero-order chi connectivity index (χ0) is 16.3. The predicted octanol–water partition coefficient (Wildman–Crippen LogP) is 0.743. The molecule has 1 amide bonds. The molecule has 1 aliphatic carbocycles. The van der Waals surface area contributed by atoms with E-state index in [1.165, 1.54) is 11.1 Å². The second kappa shape index (κ2) is 6.99. The number of hydrogen-bond donors (Lipinski definition) is 2. The maximum absolute atomic E-state index is 12.6. The van der Waals surface area contributed by atoms with E-state index in [0.717, 1.165) is 19.3 Å². The number of fused-ring (bicyclic) bond motifs is 1. The van der Waals surface area contributed by atoms with Crippen LogP contribution < -0.4 is 5.32 Å². The Morgan fingerprint density at radius 3 is 2.70 bits per heavy atom. The first-order valence-electron chi connectivity index (χ1n) is 8.43. The number of rotatable bonds is 6. The molecule has 1 aliphatic heterocycles. The number of hydrogen-bond acceptors (Lipinski definition) is 4. The number of likely N-dealkylation sites (tertiary alicyclic amines) is 1. The van der Waals surface area contributed by atoms with Gasteiger partial charge in [-0.2, -0.15) is 0 Å². The molecule has 1 fully saturated rings. The van der Waals surface area contributed by atoms with Crippen molar-refractivity contribution >= 4 is 5.91 Å². The summed E-state index contributed by atoms with van der Waals surface area (Å²) in [4.78, 5) is 14.3. The largest absolute Gasteiger partial charge is 0.383 e. The molecule has 126 valence electrons. The number of ether oxygens (including phenoxy) is 1. The summed E-state index contributed by atoms with van der Waals surface area (Å²) in [5.74, 6) is -0.163. The molecule has 0 bridgehead atoms. The molecule has 2 aliphatic rings. The Kier molecular flexibility index (Phi) is 4.99. The van der Waals surface area contributed by atoms with Gasteiger partial charge in [-0.25, -0.2) is 0 Å². The van der Waals surface area contributed by atoms with Crippen LogP contribution in [0.2, 0.25) is 0 Å². The number of piperidine rings is 1. The van der Waals surface area contributed by atoms with E-state index in [9.17, 15) is 9.90 Å². The van der Waals surface area contributed by atoms with Gasteiger partial charge in [-0.3, -0.25) is 4.79 Å². The molecule has 3 rings (SSSR count). The minimum atomic E-state index is -1.28. The second-order valence-corrected chi connectivity index (χ2v) is 6.67. The molecule has 0 aromatic heterocycles. The molecule has 1 unspecified atom stereocenters. The Labute approximate surface area is 137 Å². The van der Waals surface area contributed by atoms with E-state index in [2.05, 4.69) is 29.6 Å². The monoisotopic (exact) mass is 318 g/mol. The first-order chi connectivity index (χ1) is 11.1. The third kappa shape index (κ3) is 3.57. The molecule has 1 aromatic carbocycles. The first-order valence-corrected chi connectivity index (χ1v) is 8.43. The predicted molar refractivity (Wildman–Crippen MR) is 88.3 cm³/mol. The second-order valence-electron chi connectivity index (χ2n) is 6.67. The summed E-state index contributed by atoms with van der Waals surface area (Å²) in [6.07, 6.45) is 3.29. The van der Waals surface area contributed by atoms with Crippen molar-refractivity contribution < 1.29 is 14.6 Å². The number of benzene rings is 1. The minimum Gasteiger partial charge on any atom is -0.383 e. The molecule has 1 atom stereocenters. The molecule has 1 aromatic rings. The smallest absolute Gasteiger partial charge is 0.255 e. The summed E-state index contributed by atoms with van der Waals surface area (Å²) in [5.41, 5.74) is 1.46. The van der Waals surface area contributed by atoms with Gasteiger partial charge < -0.3 is 20.1 Å². The molecule has 1 heterocycles. The highest BCUT2D eigenvalue weighted by Crippen LogP contribution is 2.25. The van der Waals surface area contributed by atoms with Gasteiger partial charge in [0.25, 0.3) is 5.91 Å². The van der Waals surface area contributed by atoms with Crippen LogP contribution >= 0.6 is 0 Å². The topological polar surface area (TPSA) is 61.8 Å². The Morgan fingerprint density at radius 2 is 2.04 bits per heavy atom. The average Bonchev–Trinajstić information content (AvgIpc) is 2.98. The van der Waals surface area contributed by atoms with Crippen molar-refractivity contribution in [2.45, 2.75) is 37.3 Å². The van der Waals surface area contributed by atoms with Crippen LogP contribution in [0.5, 0.6) is 0 Å². The highest BCUT2D eigenvalue weighted by molar-refractivity contribution is 5.86. The van der Waals surface area contributed by atoms with Crippen LogP contribution in [0.4, 0.5) is 0 Å². The summed E-state index contributed by atoms with van der Waals surface area (Å²) in [7, 11) is 1.62. The SMILES string of the molecule is COCCN1CCCC(O)(CNC2Cc3ccccc3C2)C1=O. The molecule has 0 saturated carbocycles. The van der Waals surface area contributed by atoms with Crippen LogP contribution in [0.25, 0.3) is 0 Å². The average molecular weight is 318 g/mol. The molecule has 0 radical (unpaired) electrons. The van der Waals surface area contributed by atoms with Gasteiger partial charge in [0, 0.05) is 32.8 Å². The van der Waals surface area contributed by atoms with Gasteiger partial charge in [0.1, 0.15) is 0 Å². The van der Waals surface area contributed by atoms with E-state index < -0.39 is 5.60 Å². The molecule has 5 heteroatoms. The lowest BCUT2D eigenvalue weighted by Gasteiger charge is -2.38. The van der Waals surface area contributed by atoms with Crippen molar-refractivity contribution in [1.82, 2.24) is 10.2 Å². The van der Waals surface area contributed by atoms with Gasteiger partial charge in [-0.1, -0.05) is 24.3 Å². The summed E-state index contributed by atoms with van der Waals surface area (Å²) in [5, 5.41) is 14.2. The maximum Gasteiger partial charge on any atom is 0.255 e. The lowest BCUT2D eigenvalue weighted by molar-refractivity contribution is -0.157. The summed E-state index contributed by atoms with van der Waals surface area (Å²) >= 11 is 0. The van der Waals surface area contributed by atoms with Gasteiger partial charge in [0.15, 0.2) is 5.60 Å². The van der Waals surface area contributed by atoms with Crippen LogP contribution in [0.15, 0.2) is 24.3 Å². The maximum atomic E-state index is 12.6. The van der Waals surface area contributed by atoms with Crippen LogP contribution in [0, 0.1) is 0 Å². The highest BCUT2D eigenvalue weighted by atomic mass is 16.5. The molecule has 2 N–H and O–H groups in total. The molecule has 1 saturated heterocycles. The van der Waals surface area contributed by atoms with Crippen LogP contribution in [-0.4, -0.2) is 60.9 Å². The molecule has 23 heavy (non-hydrogen) atoms. The summed E-state index contributed by atoms with van der Waals surface area (Å²) in [6, 6.07) is 8.74. The van der Waals surface area contributed by atoms with Gasteiger partial charge in [0.2, 0.25) is 0 Å². The third-order valence-corrected chi connectivity index (χ3v) is 5.00. The van der Waals surface area contributed by atoms with E-state index in [1.807, 2.05) is 0 Å². The molecule has 0 spiro atoms. The van der Waals surface area contributed by atoms with E-state index in [-0.39, 0.29) is 5.91 Å². The van der Waals surface area contributed by atoms with Crippen LogP contribution in [0.3, 0.4) is 0 Å². The number of carbonyl (C=O) groups is 1. The van der Waals surface area contributed by atoms with Crippen molar-refractivity contribution in [3.63, 3.8) is 0 Å². The van der Waals surface area contributed by atoms with Gasteiger partial charge in [0.05, 0.1) is 6.61 Å². The summed E-state index contributed by atoms with van der Waals surface area (Å²) < 4.78 is 5.05. The van der Waals surface area contributed by atoms with Crippen LogP contribution in [0.1, 0.15) is 24.0 Å². The fourth-order valence-corrected chi connectivity index (χ4v) is 3.66. The van der Waals surface area contributed by atoms with Crippen molar-refractivity contribution in [3.05, 3.63) is 35.4 Å². The zero-order valence-electron chi connectivity index (χ0n) is 13.8. The van der Waals surface area contributed by atoms with E-state index in [1.54, 1.807) is 12.0 Å². The fourth-order valence-electron chi connectivity index (χ4n) is 3.66. The fraction of sp³-hybridized carbons (Fsp3) is 0.611. The van der Waals surface area contributed by atoms with Crippen LogP contribution in [-0.2, 0) is 22.4 Å². The van der Waals surface area contributed by atoms with Gasteiger partial charge in [-0.15, -0.1) is 0 Å². The normalized spacial score (nSPS) is 25.0. The van der Waals surface area contributed by atoms with Crippen molar-refractivity contribution in [1.29, 1.82) is 0 Å². The minimum absolute atomic E-state index is 0.163. The third-order valence-electron chi connectivity index (χ3n) is 5.00. The number of amides is 1. The first kappa shape index (κ1) is 16.4. The number of nitrogens with zero attached hydrogens (tertiary/aromatic N) is 1.